The van der Waals surface area contributed by atoms with E-state index >= 15 is 0 Å². The Labute approximate surface area is 189 Å². The highest BCUT2D eigenvalue weighted by atomic mass is 32.1. The Bertz CT molecular complexity index is 741. The van der Waals surface area contributed by atoms with Crippen LogP contribution in [0.15, 0.2) is 5.11 Å². The molecule has 1 spiro atoms. The third-order valence-electron chi connectivity index (χ3n) is 9.14. The predicted octanol–water partition coefficient (Wildman–Crippen LogP) is 4.83. The summed E-state index contributed by atoms with van der Waals surface area (Å²) in [4.78, 5) is 15.2. The number of hydrogen-bond acceptors (Lipinski definition) is 7. The summed E-state index contributed by atoms with van der Waals surface area (Å²) in [5.41, 5.74) is 8.66. The molecule has 0 amide bonds. The van der Waals surface area contributed by atoms with Crippen molar-refractivity contribution in [3.8, 4) is 0 Å². The van der Waals surface area contributed by atoms with Gasteiger partial charge in [-0.1, -0.05) is 19.0 Å². The quantitative estimate of drug-likeness (QED) is 0.160. The molecule has 1 saturated heterocycles. The molecule has 7 atom stereocenters. The third-order valence-corrected chi connectivity index (χ3v) is 9.44. The number of ether oxygens (including phenoxy) is 3. The van der Waals surface area contributed by atoms with Gasteiger partial charge in [0, 0.05) is 42.1 Å². The number of rotatable bonds is 5. The van der Waals surface area contributed by atoms with Crippen LogP contribution in [0, 0.1) is 28.6 Å². The lowest BCUT2D eigenvalue weighted by Crippen LogP contribution is -2.58. The monoisotopic (exact) mass is 453 g/mol. The number of esters is 1. The van der Waals surface area contributed by atoms with Gasteiger partial charge >= 0.3 is 5.97 Å². The summed E-state index contributed by atoms with van der Waals surface area (Å²) < 4.78 is 23.9. The van der Waals surface area contributed by atoms with Gasteiger partial charge in [0.05, 0.1) is 19.3 Å². The normalized spacial score (nSPS) is 43.9. The molecule has 31 heavy (non-hydrogen) atoms. The molecule has 0 aromatic heterocycles. The van der Waals surface area contributed by atoms with Crippen LogP contribution in [-0.4, -0.2) is 43.7 Å². The average Bonchev–Trinajstić information content (AvgIpc) is 3.33. The van der Waals surface area contributed by atoms with Crippen LogP contribution in [0.5, 0.6) is 0 Å². The first-order chi connectivity index (χ1) is 14.8. The Morgan fingerprint density at radius 3 is 2.52 bits per heavy atom. The van der Waals surface area contributed by atoms with E-state index in [1.807, 2.05) is 0 Å². The summed E-state index contributed by atoms with van der Waals surface area (Å²) >= 11 is 4.05. The zero-order chi connectivity index (χ0) is 22.3. The molecular formula is C22H35N3O5S. The molecule has 0 N–H and O–H groups in total. The maximum atomic E-state index is 12.2. The highest BCUT2D eigenvalue weighted by Crippen LogP contribution is 2.65. The first kappa shape index (κ1) is 23.2. The van der Waals surface area contributed by atoms with Crippen molar-refractivity contribution in [1.82, 2.24) is 0 Å². The maximum Gasteiger partial charge on any atom is 0.302 e. The second-order valence-corrected chi connectivity index (χ2v) is 10.6. The van der Waals surface area contributed by atoms with E-state index in [1.165, 1.54) is 6.92 Å². The number of carbonyl (C=O) groups excluding carboxylic acids is 1. The molecule has 8 nitrogen and oxygen atoms in total. The molecule has 174 valence electrons. The van der Waals surface area contributed by atoms with Crippen molar-refractivity contribution < 1.29 is 23.2 Å². The molecule has 9 heteroatoms. The highest BCUT2D eigenvalue weighted by Gasteiger charge is 2.67. The Morgan fingerprint density at radius 1 is 1.16 bits per heavy atom. The van der Waals surface area contributed by atoms with Gasteiger partial charge in [-0.3, -0.25) is 4.79 Å². The van der Waals surface area contributed by atoms with Crippen molar-refractivity contribution in [2.45, 2.75) is 83.7 Å². The third kappa shape index (κ3) is 3.76. The van der Waals surface area contributed by atoms with E-state index in [1.54, 1.807) is 0 Å². The van der Waals surface area contributed by atoms with E-state index in [2.05, 4.69) is 36.8 Å². The molecule has 0 radical (unpaired) electrons. The SMILES string of the molecule is CC(=O)O[C@@H]1[C@@H]([C@@]2(C)CC[C@H](OS)C[C@@H]2CN=[N+]=[N-])CC[C@@]2(C)[C@H]1CCC21OCCO1. The summed E-state index contributed by atoms with van der Waals surface area (Å²) in [6, 6.07) is 0. The maximum absolute atomic E-state index is 12.2. The fourth-order valence-corrected chi connectivity index (χ4v) is 7.60. The molecule has 0 aromatic carbocycles. The lowest BCUT2D eigenvalue weighted by Gasteiger charge is -2.57. The van der Waals surface area contributed by atoms with E-state index in [0.29, 0.717) is 19.8 Å². The molecule has 4 aliphatic rings. The Balaban J connectivity index is 1.67. The second-order valence-electron chi connectivity index (χ2n) is 10.3. The van der Waals surface area contributed by atoms with Crippen molar-refractivity contribution in [1.29, 1.82) is 0 Å². The molecule has 4 fully saturated rings. The van der Waals surface area contributed by atoms with Crippen molar-refractivity contribution >= 4 is 18.9 Å². The zero-order valence-corrected chi connectivity index (χ0v) is 19.7. The van der Waals surface area contributed by atoms with Crippen LogP contribution in [0.3, 0.4) is 0 Å². The van der Waals surface area contributed by atoms with Crippen molar-refractivity contribution in [2.75, 3.05) is 19.8 Å². The number of thiol groups is 1. The van der Waals surface area contributed by atoms with Crippen LogP contribution < -0.4 is 0 Å². The number of nitrogens with zero attached hydrogens (tertiary/aromatic N) is 3. The molecule has 3 saturated carbocycles. The van der Waals surface area contributed by atoms with Gasteiger partial charge in [-0.05, 0) is 68.3 Å². The van der Waals surface area contributed by atoms with E-state index in [9.17, 15) is 4.79 Å². The minimum Gasteiger partial charge on any atom is -0.462 e. The highest BCUT2D eigenvalue weighted by molar-refractivity contribution is 7.75. The number of carbonyl (C=O) groups is 1. The van der Waals surface area contributed by atoms with Gasteiger partial charge in [0.1, 0.15) is 6.10 Å². The van der Waals surface area contributed by atoms with Crippen LogP contribution in [0.4, 0.5) is 0 Å². The van der Waals surface area contributed by atoms with E-state index < -0.39 is 5.79 Å². The molecular weight excluding hydrogens is 418 g/mol. The van der Waals surface area contributed by atoms with Crippen molar-refractivity contribution in [3.05, 3.63) is 10.4 Å². The number of azide groups is 1. The van der Waals surface area contributed by atoms with E-state index in [-0.39, 0.29) is 46.8 Å². The number of hydrogen-bond donors (Lipinski definition) is 1. The first-order valence-electron chi connectivity index (χ1n) is 11.6. The van der Waals surface area contributed by atoms with Crippen molar-refractivity contribution in [2.24, 2.45) is 33.7 Å². The summed E-state index contributed by atoms with van der Waals surface area (Å²) in [6.45, 7) is 7.72. The molecule has 0 aromatic rings. The molecule has 1 heterocycles. The van der Waals surface area contributed by atoms with Crippen LogP contribution in [0.25, 0.3) is 10.4 Å². The smallest absolute Gasteiger partial charge is 0.302 e. The van der Waals surface area contributed by atoms with E-state index in [4.69, 9.17) is 23.9 Å². The minimum absolute atomic E-state index is 0.0476. The Morgan fingerprint density at radius 2 is 1.87 bits per heavy atom. The molecule has 1 aliphatic heterocycles. The van der Waals surface area contributed by atoms with Gasteiger partial charge < -0.3 is 18.4 Å². The van der Waals surface area contributed by atoms with Gasteiger partial charge in [0.15, 0.2) is 5.79 Å². The van der Waals surface area contributed by atoms with Crippen LogP contribution >= 0.6 is 12.9 Å². The largest absolute Gasteiger partial charge is 0.462 e. The van der Waals surface area contributed by atoms with Gasteiger partial charge in [0.25, 0.3) is 0 Å². The second kappa shape index (κ2) is 8.75. The van der Waals surface area contributed by atoms with Crippen molar-refractivity contribution in [3.63, 3.8) is 0 Å². The average molecular weight is 454 g/mol. The zero-order valence-electron chi connectivity index (χ0n) is 18.8. The van der Waals surface area contributed by atoms with Gasteiger partial charge in [-0.2, -0.15) is 0 Å². The lowest BCUT2D eigenvalue weighted by molar-refractivity contribution is -0.252. The fourth-order valence-electron chi connectivity index (χ4n) is 7.41. The summed E-state index contributed by atoms with van der Waals surface area (Å²) in [5.74, 6) is -0.272. The van der Waals surface area contributed by atoms with Crippen LogP contribution in [-0.2, 0) is 23.2 Å². The first-order valence-corrected chi connectivity index (χ1v) is 11.9. The predicted molar refractivity (Wildman–Crippen MR) is 117 cm³/mol. The molecule has 4 rings (SSSR count). The molecule has 0 bridgehead atoms. The Kier molecular flexibility index (Phi) is 6.54. The van der Waals surface area contributed by atoms with Crippen LogP contribution in [0.2, 0.25) is 0 Å². The number of fused-ring (bicyclic) bond motifs is 2. The molecule has 0 unspecified atom stereocenters. The summed E-state index contributed by atoms with van der Waals surface area (Å²) in [6.07, 6.45) is 6.12. The molecule has 3 aliphatic carbocycles. The summed E-state index contributed by atoms with van der Waals surface area (Å²) in [7, 11) is 0. The minimum atomic E-state index is -0.552. The van der Waals surface area contributed by atoms with Crippen LogP contribution in [0.1, 0.15) is 65.7 Å². The lowest BCUT2D eigenvalue weighted by atomic mass is 9.51. The Hall–Kier alpha value is -0.990. The van der Waals surface area contributed by atoms with Gasteiger partial charge in [-0.25, -0.2) is 0 Å². The topological polar surface area (TPSA) is 103 Å². The van der Waals surface area contributed by atoms with Gasteiger partial charge in [-0.15, -0.1) is 0 Å². The van der Waals surface area contributed by atoms with E-state index in [0.717, 1.165) is 44.9 Å². The fraction of sp³-hybridized carbons (Fsp3) is 0.955. The summed E-state index contributed by atoms with van der Waals surface area (Å²) in [5, 5.41) is 3.93. The standard InChI is InChI=1S/C22H35N3O5S/c1-14(26)29-19-17(20(2)7-4-16(30-31)12-15(20)13-24-25-23)5-8-21(3)18(19)6-9-22(21)27-10-11-28-22/h15-19,31H,4-13H2,1-3H3/t15-,16+,17+,18+,19-,20+,21+/m1/s1. The van der Waals surface area contributed by atoms with Gasteiger partial charge in [0.2, 0.25) is 0 Å².